The highest BCUT2D eigenvalue weighted by molar-refractivity contribution is 5.72. The molecule has 2 saturated heterocycles. The average Bonchev–Trinajstić information content (AvgIpc) is 3.61. The van der Waals surface area contributed by atoms with Gasteiger partial charge in [0.05, 0.1) is 25.4 Å². The summed E-state index contributed by atoms with van der Waals surface area (Å²) in [4.78, 5) is 10.2. The van der Waals surface area contributed by atoms with Gasteiger partial charge in [-0.15, -0.1) is 0 Å². The maximum Gasteiger partial charge on any atom is 0.174 e. The van der Waals surface area contributed by atoms with Crippen LogP contribution in [-0.2, 0) is 38.8 Å². The largest absolute Gasteiger partial charge is 0.483 e. The van der Waals surface area contributed by atoms with E-state index >= 15 is 0 Å². The van der Waals surface area contributed by atoms with Gasteiger partial charge in [-0.05, 0) is 78.8 Å². The van der Waals surface area contributed by atoms with Crippen LogP contribution < -0.4 is 18.9 Å². The molecule has 3 aliphatic carbocycles. The molecule has 2 fully saturated rings. The average molecular weight is 847 g/mol. The molecule has 4 heterocycles. The zero-order chi connectivity index (χ0) is 43.7. The number of nitrogens with zero attached hydrogens (tertiary/aromatic N) is 6. The van der Waals surface area contributed by atoms with E-state index in [1.165, 1.54) is 27.8 Å². The summed E-state index contributed by atoms with van der Waals surface area (Å²) in [6, 6.07) is 9.44. The Hall–Kier alpha value is -4.14. The van der Waals surface area contributed by atoms with Crippen molar-refractivity contribution in [2.45, 2.75) is 103 Å². The van der Waals surface area contributed by atoms with Crippen molar-refractivity contribution in [3.63, 3.8) is 0 Å². The Labute approximate surface area is 368 Å². The van der Waals surface area contributed by atoms with Crippen molar-refractivity contribution in [1.82, 2.24) is 19.6 Å². The van der Waals surface area contributed by atoms with Crippen LogP contribution in [0.5, 0.6) is 23.0 Å². The van der Waals surface area contributed by atoms with E-state index in [1.54, 1.807) is 14.2 Å². The van der Waals surface area contributed by atoms with Gasteiger partial charge in [0.25, 0.3) is 0 Å². The minimum Gasteiger partial charge on any atom is -0.483 e. The van der Waals surface area contributed by atoms with Gasteiger partial charge in [-0.1, -0.05) is 39.3 Å². The van der Waals surface area contributed by atoms with Gasteiger partial charge in [0.1, 0.15) is 24.0 Å². The molecule has 5 unspecified atom stereocenters. The van der Waals surface area contributed by atoms with E-state index in [4.69, 9.17) is 28.4 Å². The first-order valence-electron chi connectivity index (χ1n) is 22.9. The summed E-state index contributed by atoms with van der Waals surface area (Å²) < 4.78 is 38.7. The van der Waals surface area contributed by atoms with Gasteiger partial charge in [0, 0.05) is 109 Å². The zero-order valence-electron chi connectivity index (χ0n) is 38.5. The number of hydrogen-bond donors (Lipinski definition) is 0. The monoisotopic (exact) mass is 847 g/mol. The molecule has 12 heteroatoms. The van der Waals surface area contributed by atoms with Gasteiger partial charge in [-0.3, -0.25) is 19.6 Å². The highest BCUT2D eigenvalue weighted by atomic mass is 16.6. The summed E-state index contributed by atoms with van der Waals surface area (Å²) in [5.41, 5.74) is 7.72. The first kappa shape index (κ1) is 43.1. The number of methoxy groups -OCH3 is 2. The Balaban J connectivity index is 1.23. The van der Waals surface area contributed by atoms with Crippen LogP contribution in [0, 0.1) is 34.5 Å². The molecule has 0 aromatic heterocycles. The molecular formula is C50H66N6O6. The number of nitriles is 2. The maximum absolute atomic E-state index is 10.5. The first-order chi connectivity index (χ1) is 29.7. The third kappa shape index (κ3) is 7.29. The number of ether oxygens (including phenoxy) is 6. The van der Waals surface area contributed by atoms with Gasteiger partial charge < -0.3 is 28.4 Å². The van der Waals surface area contributed by atoms with Crippen LogP contribution in [0.2, 0.25) is 0 Å². The first-order valence-corrected chi connectivity index (χ1v) is 22.9. The topological polar surface area (TPSA) is 116 Å². The van der Waals surface area contributed by atoms with Crippen LogP contribution in [0.1, 0.15) is 94.7 Å². The van der Waals surface area contributed by atoms with E-state index in [9.17, 15) is 10.5 Å². The summed E-state index contributed by atoms with van der Waals surface area (Å²) in [5, 5.41) is 20.9. The fourth-order valence-electron chi connectivity index (χ4n) is 11.9. The van der Waals surface area contributed by atoms with Gasteiger partial charge in [-0.2, -0.15) is 10.5 Å². The van der Waals surface area contributed by atoms with E-state index in [1.807, 2.05) is 13.0 Å². The summed E-state index contributed by atoms with van der Waals surface area (Å²) in [5.74, 6) is 2.68. The van der Waals surface area contributed by atoms with E-state index in [0.717, 1.165) is 121 Å². The molecule has 2 aromatic rings. The van der Waals surface area contributed by atoms with Crippen molar-refractivity contribution in [3.8, 4) is 35.1 Å². The molecule has 7 aliphatic rings. The summed E-state index contributed by atoms with van der Waals surface area (Å²) >= 11 is 0. The predicted molar refractivity (Wildman–Crippen MR) is 237 cm³/mol. The van der Waals surface area contributed by atoms with Crippen molar-refractivity contribution < 1.29 is 28.4 Å². The van der Waals surface area contributed by atoms with Gasteiger partial charge in [0.2, 0.25) is 0 Å². The van der Waals surface area contributed by atoms with Crippen LogP contribution in [0.4, 0.5) is 0 Å². The second-order valence-electron chi connectivity index (χ2n) is 20.3. The molecule has 0 bridgehead atoms. The summed E-state index contributed by atoms with van der Waals surface area (Å²) in [6.07, 6.45) is 3.53. The second kappa shape index (κ2) is 16.4. The minimum atomic E-state index is -0.653. The van der Waals surface area contributed by atoms with Crippen LogP contribution in [0.3, 0.4) is 0 Å². The number of hydrogen-bond acceptors (Lipinski definition) is 12. The predicted octanol–water partition coefficient (Wildman–Crippen LogP) is 6.63. The molecule has 1 spiro atoms. The van der Waals surface area contributed by atoms with Gasteiger partial charge in [0.15, 0.2) is 34.5 Å². The molecule has 0 amide bonds. The number of rotatable bonds is 10. The van der Waals surface area contributed by atoms with Crippen LogP contribution >= 0.6 is 0 Å². The van der Waals surface area contributed by atoms with E-state index in [2.05, 4.69) is 85.4 Å². The normalized spacial score (nSPS) is 28.9. The van der Waals surface area contributed by atoms with Crippen molar-refractivity contribution >= 4 is 0 Å². The van der Waals surface area contributed by atoms with Crippen molar-refractivity contribution in [1.29, 1.82) is 10.5 Å². The zero-order valence-corrected chi connectivity index (χ0v) is 38.5. The molecule has 9 rings (SSSR count). The molecule has 0 radical (unpaired) electrons. The lowest BCUT2D eigenvalue weighted by Gasteiger charge is -2.40. The molecule has 12 nitrogen and oxygen atoms in total. The van der Waals surface area contributed by atoms with Gasteiger partial charge in [-0.25, -0.2) is 0 Å². The van der Waals surface area contributed by atoms with Crippen molar-refractivity contribution in [3.05, 3.63) is 68.7 Å². The number of benzene rings is 2. The molecule has 4 aliphatic heterocycles. The number of fused-ring (bicyclic) bond motifs is 6. The van der Waals surface area contributed by atoms with Crippen LogP contribution in [0.25, 0.3) is 0 Å². The second-order valence-corrected chi connectivity index (χ2v) is 20.3. The number of piperazine rings is 2. The fraction of sp³-hybridized carbons (Fsp3) is 0.640. The molecule has 0 saturated carbocycles. The minimum absolute atomic E-state index is 0.0666. The van der Waals surface area contributed by atoms with Crippen molar-refractivity contribution in [2.75, 3.05) is 92.9 Å². The smallest absolute Gasteiger partial charge is 0.174 e. The SMILES string of the molecule is COCCN1CCN(Cc2c3c(cc4c2C2(CC4(C)C)CC(C)(C)c4cc5c(c(CN6CCN(CCOC)CC6)c42)OC(C)C(C)O5)OC2=C(O3)C(C#N)C=C(C)C2C#N)CC1. The Bertz CT molecular complexity index is 2240. The highest BCUT2D eigenvalue weighted by Crippen LogP contribution is 2.68. The third-order valence-corrected chi connectivity index (χ3v) is 15.2. The lowest BCUT2D eigenvalue weighted by molar-refractivity contribution is 0.0398. The number of allylic oxidation sites excluding steroid dienone is 2. The maximum atomic E-state index is 10.5. The van der Waals surface area contributed by atoms with E-state index < -0.39 is 11.8 Å². The Morgan fingerprint density at radius 3 is 1.68 bits per heavy atom. The summed E-state index contributed by atoms with van der Waals surface area (Å²) in [7, 11) is 3.54. The highest BCUT2D eigenvalue weighted by Gasteiger charge is 2.60. The molecule has 62 heavy (non-hydrogen) atoms. The Morgan fingerprint density at radius 1 is 0.661 bits per heavy atom. The van der Waals surface area contributed by atoms with Crippen LogP contribution in [0.15, 0.2) is 35.3 Å². The third-order valence-electron chi connectivity index (χ3n) is 15.2. The molecule has 5 atom stereocenters. The van der Waals surface area contributed by atoms with E-state index in [0.29, 0.717) is 29.6 Å². The molecule has 332 valence electrons. The van der Waals surface area contributed by atoms with Crippen LogP contribution in [-0.4, -0.2) is 125 Å². The quantitative estimate of drug-likeness (QED) is 0.239. The van der Waals surface area contributed by atoms with Gasteiger partial charge >= 0.3 is 0 Å². The fourth-order valence-corrected chi connectivity index (χ4v) is 11.9. The lowest BCUT2D eigenvalue weighted by atomic mass is 9.70. The molecule has 0 N–H and O–H groups in total. The summed E-state index contributed by atoms with van der Waals surface area (Å²) in [6.45, 7) is 28.1. The standard InChI is InChI=1S/C50H66N6O6/c1-31-22-34(25-51)44-47(35(31)26-52)61-41-24-39-43(37(46(41)62-44)28-56-16-12-54(13-17-56)19-21-58-9)50(30-49(39,6)7)29-48(4,5)38-23-40-45(60-33(3)32(2)59-40)36(42(38)50)27-55-14-10-53(11-15-55)18-20-57-8/h22-24,32-35H,10-21,27-30H2,1-9H3. The Morgan fingerprint density at radius 2 is 1.16 bits per heavy atom. The van der Waals surface area contributed by atoms with E-state index in [-0.39, 0.29) is 28.5 Å². The molecule has 2 aromatic carbocycles. The van der Waals surface area contributed by atoms with Crippen molar-refractivity contribution in [2.24, 2.45) is 11.8 Å². The lowest BCUT2D eigenvalue weighted by Crippen LogP contribution is -2.47. The Kier molecular flexibility index (Phi) is 11.4. The molecular weight excluding hydrogens is 781 g/mol.